The van der Waals surface area contributed by atoms with E-state index in [1.807, 2.05) is 18.2 Å². The molecule has 154 valence electrons. The molecule has 3 aromatic rings. The number of carbonyl (C=O) groups excluding carboxylic acids is 2. The molecule has 10 nitrogen and oxygen atoms in total. The molecule has 1 N–H and O–H groups in total. The fourth-order valence-electron chi connectivity index (χ4n) is 4.23. The number of ether oxygens (including phenoxy) is 1. The quantitative estimate of drug-likeness (QED) is 0.646. The summed E-state index contributed by atoms with van der Waals surface area (Å²) in [4.78, 5) is 48.2. The number of hydrogen-bond donors (Lipinski definition) is 1. The number of para-hydroxylation sites is 1. The molecule has 2 saturated heterocycles. The molecule has 2 fully saturated rings. The SMILES string of the molecule is O=C(Cn1cncn1)N1C[C@@H]2[C@@H](C1)OCCN2C(=O)c1cc(=O)[nH]c2ccccc12. The third kappa shape index (κ3) is 3.24. The van der Waals surface area contributed by atoms with E-state index in [2.05, 4.69) is 15.1 Å². The Hall–Kier alpha value is -3.53. The van der Waals surface area contributed by atoms with Crippen molar-refractivity contribution in [1.82, 2.24) is 29.5 Å². The summed E-state index contributed by atoms with van der Waals surface area (Å²) in [5.74, 6) is -0.325. The van der Waals surface area contributed by atoms with Crippen molar-refractivity contribution in [2.45, 2.75) is 18.7 Å². The number of aromatic amines is 1. The van der Waals surface area contributed by atoms with Crippen molar-refractivity contribution in [2.24, 2.45) is 0 Å². The summed E-state index contributed by atoms with van der Waals surface area (Å²) >= 11 is 0. The van der Waals surface area contributed by atoms with Gasteiger partial charge in [0, 0.05) is 36.6 Å². The van der Waals surface area contributed by atoms with Crippen LogP contribution in [0.25, 0.3) is 10.9 Å². The number of aromatic nitrogens is 4. The van der Waals surface area contributed by atoms with Crippen LogP contribution in [0.4, 0.5) is 0 Å². The zero-order valence-electron chi connectivity index (χ0n) is 16.1. The van der Waals surface area contributed by atoms with Gasteiger partial charge >= 0.3 is 0 Å². The van der Waals surface area contributed by atoms with Crippen LogP contribution in [0.15, 0.2) is 47.8 Å². The zero-order valence-corrected chi connectivity index (χ0v) is 16.1. The van der Waals surface area contributed by atoms with Gasteiger partial charge in [-0.1, -0.05) is 18.2 Å². The van der Waals surface area contributed by atoms with Crippen LogP contribution in [0.3, 0.4) is 0 Å². The minimum atomic E-state index is -0.321. The van der Waals surface area contributed by atoms with Crippen LogP contribution in [0.1, 0.15) is 10.4 Å². The van der Waals surface area contributed by atoms with Crippen LogP contribution >= 0.6 is 0 Å². The summed E-state index contributed by atoms with van der Waals surface area (Å²) in [6.07, 6.45) is 2.62. The highest BCUT2D eigenvalue weighted by atomic mass is 16.5. The number of hydrogen-bond acceptors (Lipinski definition) is 6. The Bertz CT molecular complexity index is 1160. The molecule has 2 aromatic heterocycles. The molecule has 30 heavy (non-hydrogen) atoms. The number of amides is 2. The topological polar surface area (TPSA) is 113 Å². The number of rotatable bonds is 3. The number of benzene rings is 1. The molecule has 0 unspecified atom stereocenters. The monoisotopic (exact) mass is 408 g/mol. The van der Waals surface area contributed by atoms with Gasteiger partial charge in [-0.15, -0.1) is 0 Å². The number of likely N-dealkylation sites (tertiary alicyclic amines) is 1. The standard InChI is InChI=1S/C20H20N6O4/c27-18-7-14(13-3-1-2-4-15(13)23-18)20(29)26-5-6-30-17-9-24(8-16(17)26)19(28)10-25-12-21-11-22-25/h1-4,7,11-12,16-17H,5-6,8-10H2,(H,23,27)/t16-,17-/m1/s1. The van der Waals surface area contributed by atoms with E-state index in [-0.39, 0.29) is 36.1 Å². The summed E-state index contributed by atoms with van der Waals surface area (Å²) in [6.45, 7) is 1.68. The van der Waals surface area contributed by atoms with Crippen molar-refractivity contribution in [3.63, 3.8) is 0 Å². The molecular weight excluding hydrogens is 388 g/mol. The maximum atomic E-state index is 13.4. The molecule has 2 aliphatic heterocycles. The Morgan fingerprint density at radius 2 is 2.10 bits per heavy atom. The smallest absolute Gasteiger partial charge is 0.255 e. The Balaban J connectivity index is 1.40. The lowest BCUT2D eigenvalue weighted by molar-refractivity contribution is -0.131. The van der Waals surface area contributed by atoms with E-state index in [4.69, 9.17) is 4.74 Å². The van der Waals surface area contributed by atoms with Crippen LogP contribution in [0.5, 0.6) is 0 Å². The maximum Gasteiger partial charge on any atom is 0.255 e. The third-order valence-electron chi connectivity index (χ3n) is 5.66. The average molecular weight is 408 g/mol. The fraction of sp³-hybridized carbons (Fsp3) is 0.350. The molecule has 10 heteroatoms. The molecule has 4 heterocycles. The van der Waals surface area contributed by atoms with Gasteiger partial charge in [0.15, 0.2) is 0 Å². The van der Waals surface area contributed by atoms with Crippen LogP contribution in [-0.4, -0.2) is 79.7 Å². The minimum absolute atomic E-state index is 0.0894. The Labute approximate surface area is 171 Å². The summed E-state index contributed by atoms with van der Waals surface area (Å²) in [7, 11) is 0. The van der Waals surface area contributed by atoms with E-state index in [9.17, 15) is 14.4 Å². The van der Waals surface area contributed by atoms with E-state index in [0.717, 1.165) is 0 Å². The van der Waals surface area contributed by atoms with Crippen molar-refractivity contribution in [1.29, 1.82) is 0 Å². The molecule has 2 amide bonds. The van der Waals surface area contributed by atoms with Gasteiger partial charge in [-0.2, -0.15) is 5.10 Å². The highest BCUT2D eigenvalue weighted by molar-refractivity contribution is 6.06. The average Bonchev–Trinajstić information content (AvgIpc) is 3.42. The van der Waals surface area contributed by atoms with E-state index in [1.54, 1.807) is 15.9 Å². The molecule has 0 radical (unpaired) electrons. The van der Waals surface area contributed by atoms with Crippen molar-refractivity contribution in [3.05, 3.63) is 58.9 Å². The lowest BCUT2D eigenvalue weighted by Crippen LogP contribution is -2.53. The zero-order chi connectivity index (χ0) is 20.7. The van der Waals surface area contributed by atoms with Gasteiger partial charge in [0.2, 0.25) is 11.5 Å². The predicted molar refractivity (Wildman–Crippen MR) is 106 cm³/mol. The van der Waals surface area contributed by atoms with Crippen molar-refractivity contribution in [2.75, 3.05) is 26.2 Å². The third-order valence-corrected chi connectivity index (χ3v) is 5.66. The molecule has 0 aliphatic carbocycles. The largest absolute Gasteiger partial charge is 0.372 e. The Morgan fingerprint density at radius 3 is 2.93 bits per heavy atom. The second kappa shape index (κ2) is 7.38. The first-order valence-corrected chi connectivity index (χ1v) is 9.75. The lowest BCUT2D eigenvalue weighted by Gasteiger charge is -2.36. The molecule has 5 rings (SSSR count). The van der Waals surface area contributed by atoms with Gasteiger partial charge in [-0.25, -0.2) is 9.67 Å². The summed E-state index contributed by atoms with van der Waals surface area (Å²) in [6, 6.07) is 8.32. The van der Waals surface area contributed by atoms with Crippen molar-refractivity contribution in [3.8, 4) is 0 Å². The highest BCUT2D eigenvalue weighted by Crippen LogP contribution is 2.26. The van der Waals surface area contributed by atoms with Gasteiger partial charge in [0.25, 0.3) is 5.91 Å². The number of fused-ring (bicyclic) bond motifs is 2. The van der Waals surface area contributed by atoms with Crippen LogP contribution < -0.4 is 5.56 Å². The first kappa shape index (κ1) is 18.5. The summed E-state index contributed by atoms with van der Waals surface area (Å²) in [5.41, 5.74) is 0.662. The van der Waals surface area contributed by atoms with Crippen molar-refractivity contribution < 1.29 is 14.3 Å². The van der Waals surface area contributed by atoms with E-state index in [1.165, 1.54) is 23.4 Å². The minimum Gasteiger partial charge on any atom is -0.372 e. The second-order valence-corrected chi connectivity index (χ2v) is 7.46. The van der Waals surface area contributed by atoms with Crippen LogP contribution in [0.2, 0.25) is 0 Å². The number of morpholine rings is 1. The summed E-state index contributed by atoms with van der Waals surface area (Å²) < 4.78 is 7.32. The highest BCUT2D eigenvalue weighted by Gasteiger charge is 2.44. The fourth-order valence-corrected chi connectivity index (χ4v) is 4.23. The molecule has 1 aromatic carbocycles. The van der Waals surface area contributed by atoms with E-state index in [0.29, 0.717) is 42.7 Å². The van der Waals surface area contributed by atoms with Gasteiger partial charge < -0.3 is 19.5 Å². The summed E-state index contributed by atoms with van der Waals surface area (Å²) in [5, 5.41) is 4.66. The molecule has 2 atom stereocenters. The van der Waals surface area contributed by atoms with E-state index >= 15 is 0 Å². The van der Waals surface area contributed by atoms with Crippen LogP contribution in [0, 0.1) is 0 Å². The lowest BCUT2D eigenvalue weighted by atomic mass is 10.0. The predicted octanol–water partition coefficient (Wildman–Crippen LogP) is -0.128. The van der Waals surface area contributed by atoms with Gasteiger partial charge in [-0.3, -0.25) is 14.4 Å². The first-order valence-electron chi connectivity index (χ1n) is 9.75. The number of pyridine rings is 1. The second-order valence-electron chi connectivity index (χ2n) is 7.46. The van der Waals surface area contributed by atoms with Gasteiger partial charge in [-0.05, 0) is 6.07 Å². The molecule has 2 aliphatic rings. The molecule has 0 bridgehead atoms. The number of carbonyl (C=O) groups is 2. The number of nitrogens with zero attached hydrogens (tertiary/aromatic N) is 5. The van der Waals surface area contributed by atoms with Gasteiger partial charge in [0.1, 0.15) is 19.2 Å². The number of nitrogens with one attached hydrogen (secondary N) is 1. The molecule has 0 spiro atoms. The Kier molecular flexibility index (Phi) is 4.55. The van der Waals surface area contributed by atoms with Crippen LogP contribution in [-0.2, 0) is 16.1 Å². The first-order chi connectivity index (χ1) is 14.6. The molecular formula is C20H20N6O4. The normalized spacial score (nSPS) is 21.1. The van der Waals surface area contributed by atoms with Gasteiger partial charge in [0.05, 0.1) is 24.3 Å². The maximum absolute atomic E-state index is 13.4. The molecule has 0 saturated carbocycles. The number of H-pyrrole nitrogens is 1. The Morgan fingerprint density at radius 1 is 1.23 bits per heavy atom. The van der Waals surface area contributed by atoms with Crippen molar-refractivity contribution >= 4 is 22.7 Å². The van der Waals surface area contributed by atoms with E-state index < -0.39 is 0 Å².